The topological polar surface area (TPSA) is 79.4 Å². The highest BCUT2D eigenvalue weighted by atomic mass is 35.5. The maximum absolute atomic E-state index is 12.7. The summed E-state index contributed by atoms with van der Waals surface area (Å²) >= 11 is 6.73. The Morgan fingerprint density at radius 1 is 1.32 bits per heavy atom. The van der Waals surface area contributed by atoms with Crippen LogP contribution < -0.4 is 9.62 Å². The number of benzene rings is 1. The van der Waals surface area contributed by atoms with Gasteiger partial charge in [0.2, 0.25) is 5.91 Å². The Balaban J connectivity index is 2.39. The van der Waals surface area contributed by atoms with Crippen LogP contribution in [-0.4, -0.2) is 26.4 Å². The van der Waals surface area contributed by atoms with E-state index in [1.54, 1.807) is 31.2 Å². The number of aryl methyl sites for hydroxylation is 1. The lowest BCUT2D eigenvalue weighted by Gasteiger charge is -2.18. The molecule has 0 bridgehead atoms. The summed E-state index contributed by atoms with van der Waals surface area (Å²) in [4.78, 5) is 15.1. The summed E-state index contributed by atoms with van der Waals surface area (Å²) in [5, 5.41) is 3.27. The van der Waals surface area contributed by atoms with Crippen molar-refractivity contribution in [2.24, 2.45) is 0 Å². The van der Waals surface area contributed by atoms with Crippen molar-refractivity contribution in [2.75, 3.05) is 16.7 Å². The van der Waals surface area contributed by atoms with Crippen LogP contribution in [0.4, 0.5) is 10.8 Å². The number of carbonyl (C=O) groups excluding carboxylic acids is 1. The Hall–Kier alpha value is -1.64. The Morgan fingerprint density at radius 3 is 2.45 bits per heavy atom. The van der Waals surface area contributed by atoms with E-state index in [0.717, 1.165) is 15.6 Å². The normalized spacial score (nSPS) is 11.3. The molecule has 1 heterocycles. The van der Waals surface area contributed by atoms with Crippen LogP contribution in [0.1, 0.15) is 12.6 Å². The van der Waals surface area contributed by atoms with Gasteiger partial charge in [0.05, 0.1) is 11.4 Å². The minimum atomic E-state index is -3.76. The monoisotopic (exact) mass is 359 g/mol. The van der Waals surface area contributed by atoms with Crippen molar-refractivity contribution in [3.05, 3.63) is 35.0 Å². The molecule has 0 aliphatic heterocycles. The van der Waals surface area contributed by atoms with Gasteiger partial charge in [0.1, 0.15) is 0 Å². The number of carbonyl (C=O) groups is 1. The summed E-state index contributed by atoms with van der Waals surface area (Å²) < 4.78 is 26.6. The number of halogens is 1. The molecule has 1 amide bonds. The molecule has 0 saturated heterocycles. The van der Waals surface area contributed by atoms with Gasteiger partial charge in [-0.05, 0) is 31.2 Å². The number of hydrogen-bond acceptors (Lipinski definition) is 5. The van der Waals surface area contributed by atoms with Gasteiger partial charge < -0.3 is 5.32 Å². The molecule has 6 nitrogen and oxygen atoms in total. The van der Waals surface area contributed by atoms with Crippen molar-refractivity contribution in [3.8, 4) is 0 Å². The first-order chi connectivity index (χ1) is 10.2. The molecule has 0 fully saturated rings. The lowest BCUT2D eigenvalue weighted by Crippen LogP contribution is -2.26. The number of nitrogens with one attached hydrogen (secondary N) is 1. The third-order valence-electron chi connectivity index (χ3n) is 2.82. The molecule has 22 heavy (non-hydrogen) atoms. The molecule has 0 spiro atoms. The fourth-order valence-corrected chi connectivity index (χ4v) is 4.67. The van der Waals surface area contributed by atoms with E-state index in [1.807, 2.05) is 0 Å². The van der Waals surface area contributed by atoms with Crippen molar-refractivity contribution >= 4 is 49.7 Å². The average Bonchev–Trinajstić information content (AvgIpc) is 2.79. The Bertz CT molecular complexity index is 800. The minimum absolute atomic E-state index is 0.0914. The number of anilines is 2. The van der Waals surface area contributed by atoms with Gasteiger partial charge in [-0.1, -0.05) is 22.9 Å². The average molecular weight is 360 g/mol. The second kappa shape index (κ2) is 6.23. The fourth-order valence-electron chi connectivity index (χ4n) is 1.74. The van der Waals surface area contributed by atoms with E-state index in [2.05, 4.69) is 10.3 Å². The van der Waals surface area contributed by atoms with E-state index in [0.29, 0.717) is 16.4 Å². The number of nitrogens with zero attached hydrogens (tertiary/aromatic N) is 2. The molecule has 1 N–H and O–H groups in total. The standard InChI is InChI=1S/C13H14ClN3O3S2/c1-8-12(21-13(15-8)16-9(2)18)22(19,20)17(3)11-6-4-10(14)5-7-11/h4-7H,1-3H3,(H,15,16,18). The van der Waals surface area contributed by atoms with Crippen LogP contribution in [0.25, 0.3) is 0 Å². The second-order valence-electron chi connectivity index (χ2n) is 4.52. The van der Waals surface area contributed by atoms with Crippen molar-refractivity contribution in [1.82, 2.24) is 4.98 Å². The molecule has 0 radical (unpaired) electrons. The lowest BCUT2D eigenvalue weighted by molar-refractivity contribution is -0.114. The van der Waals surface area contributed by atoms with E-state index in [4.69, 9.17) is 11.6 Å². The highest BCUT2D eigenvalue weighted by molar-refractivity contribution is 7.94. The fraction of sp³-hybridized carbons (Fsp3) is 0.231. The third kappa shape index (κ3) is 3.40. The van der Waals surface area contributed by atoms with E-state index < -0.39 is 10.0 Å². The van der Waals surface area contributed by atoms with Gasteiger partial charge in [0.25, 0.3) is 10.0 Å². The van der Waals surface area contributed by atoms with E-state index in [-0.39, 0.29) is 15.2 Å². The van der Waals surface area contributed by atoms with Crippen LogP contribution in [0.5, 0.6) is 0 Å². The summed E-state index contributed by atoms with van der Waals surface area (Å²) in [5.74, 6) is -0.302. The zero-order valence-corrected chi connectivity index (χ0v) is 14.5. The number of rotatable bonds is 4. The largest absolute Gasteiger partial charge is 0.302 e. The quantitative estimate of drug-likeness (QED) is 0.910. The maximum atomic E-state index is 12.7. The van der Waals surface area contributed by atoms with Crippen molar-refractivity contribution in [2.45, 2.75) is 18.1 Å². The number of amides is 1. The zero-order chi connectivity index (χ0) is 16.5. The number of thiazole rings is 1. The lowest BCUT2D eigenvalue weighted by atomic mass is 10.3. The molecule has 0 saturated carbocycles. The summed E-state index contributed by atoms with van der Waals surface area (Å²) in [6.07, 6.45) is 0. The molecule has 2 rings (SSSR count). The van der Waals surface area contributed by atoms with Crippen molar-refractivity contribution < 1.29 is 13.2 Å². The molecule has 1 aromatic carbocycles. The molecule has 0 aliphatic rings. The van der Waals surface area contributed by atoms with Crippen LogP contribution in [0.2, 0.25) is 5.02 Å². The van der Waals surface area contributed by atoms with Gasteiger partial charge in [-0.15, -0.1) is 0 Å². The predicted molar refractivity (Wildman–Crippen MR) is 88.2 cm³/mol. The van der Waals surface area contributed by atoms with Crippen LogP contribution in [0.3, 0.4) is 0 Å². The van der Waals surface area contributed by atoms with Crippen molar-refractivity contribution in [3.63, 3.8) is 0 Å². The number of aromatic nitrogens is 1. The summed E-state index contributed by atoms with van der Waals surface area (Å²) in [6, 6.07) is 6.46. The predicted octanol–water partition coefficient (Wildman–Crippen LogP) is 2.89. The smallest absolute Gasteiger partial charge is 0.275 e. The van der Waals surface area contributed by atoms with Gasteiger partial charge in [-0.3, -0.25) is 9.10 Å². The Labute approximate surface area is 137 Å². The van der Waals surface area contributed by atoms with Crippen LogP contribution in [0.15, 0.2) is 28.5 Å². The maximum Gasteiger partial charge on any atom is 0.275 e. The van der Waals surface area contributed by atoms with Crippen molar-refractivity contribution in [1.29, 1.82) is 0 Å². The van der Waals surface area contributed by atoms with Gasteiger partial charge in [0, 0.05) is 19.0 Å². The number of sulfonamides is 1. The van der Waals surface area contributed by atoms with Gasteiger partial charge in [0.15, 0.2) is 9.34 Å². The summed E-state index contributed by atoms with van der Waals surface area (Å²) in [5.41, 5.74) is 0.827. The summed E-state index contributed by atoms with van der Waals surface area (Å²) in [6.45, 7) is 2.93. The molecule has 9 heteroatoms. The highest BCUT2D eigenvalue weighted by Crippen LogP contribution is 2.31. The van der Waals surface area contributed by atoms with Crippen LogP contribution >= 0.6 is 22.9 Å². The van der Waals surface area contributed by atoms with E-state index in [1.165, 1.54) is 14.0 Å². The summed E-state index contributed by atoms with van der Waals surface area (Å²) in [7, 11) is -2.30. The van der Waals surface area contributed by atoms with Crippen LogP contribution in [0, 0.1) is 6.92 Å². The van der Waals surface area contributed by atoms with Gasteiger partial charge in [-0.2, -0.15) is 0 Å². The van der Waals surface area contributed by atoms with E-state index in [9.17, 15) is 13.2 Å². The first-order valence-corrected chi connectivity index (χ1v) is 8.85. The number of hydrogen-bond donors (Lipinski definition) is 1. The third-order valence-corrected chi connectivity index (χ3v) is 6.52. The zero-order valence-electron chi connectivity index (χ0n) is 12.1. The molecular formula is C13H14ClN3O3S2. The second-order valence-corrected chi connectivity index (χ2v) is 8.12. The minimum Gasteiger partial charge on any atom is -0.302 e. The molecule has 0 unspecified atom stereocenters. The highest BCUT2D eigenvalue weighted by Gasteiger charge is 2.27. The van der Waals surface area contributed by atoms with Crippen LogP contribution in [-0.2, 0) is 14.8 Å². The molecule has 1 aromatic heterocycles. The Kier molecular flexibility index (Phi) is 4.74. The Morgan fingerprint density at radius 2 is 1.91 bits per heavy atom. The first-order valence-electron chi connectivity index (χ1n) is 6.21. The molecular weight excluding hydrogens is 346 g/mol. The molecule has 0 atom stereocenters. The van der Waals surface area contributed by atoms with Gasteiger partial charge >= 0.3 is 0 Å². The molecule has 118 valence electrons. The molecule has 0 aliphatic carbocycles. The van der Waals surface area contributed by atoms with E-state index >= 15 is 0 Å². The van der Waals surface area contributed by atoms with Gasteiger partial charge in [-0.25, -0.2) is 13.4 Å². The molecule has 2 aromatic rings. The first kappa shape index (κ1) is 16.7. The SMILES string of the molecule is CC(=O)Nc1nc(C)c(S(=O)(=O)N(C)c2ccc(Cl)cc2)s1.